The van der Waals surface area contributed by atoms with Crippen molar-refractivity contribution in [1.82, 2.24) is 0 Å². The van der Waals surface area contributed by atoms with E-state index in [4.69, 9.17) is 4.74 Å². The molecule has 1 unspecified atom stereocenters. The third-order valence-electron chi connectivity index (χ3n) is 2.30. The van der Waals surface area contributed by atoms with Crippen LogP contribution in [0.2, 0.25) is 0 Å². The normalized spacial score (nSPS) is 11.9. The van der Waals surface area contributed by atoms with Crippen molar-refractivity contribution in [3.05, 3.63) is 12.2 Å². The van der Waals surface area contributed by atoms with Gasteiger partial charge in [0.2, 0.25) is 0 Å². The quantitative estimate of drug-likeness (QED) is 0.480. The second kappa shape index (κ2) is 8.33. The Bertz CT molecular complexity index is 199. The molecule has 0 radical (unpaired) electrons. The molecule has 0 aromatic heterocycles. The molecule has 15 heavy (non-hydrogen) atoms. The van der Waals surface area contributed by atoms with E-state index in [-0.39, 0.29) is 0 Å². The van der Waals surface area contributed by atoms with E-state index in [0.717, 1.165) is 25.7 Å². The summed E-state index contributed by atoms with van der Waals surface area (Å²) in [6, 6.07) is 0. The number of ether oxygens (including phenoxy) is 2. The van der Waals surface area contributed by atoms with Gasteiger partial charge in [0.05, 0.1) is 13.7 Å². The van der Waals surface area contributed by atoms with Crippen molar-refractivity contribution in [3.8, 4) is 0 Å². The zero-order valence-corrected chi connectivity index (χ0v) is 10.0. The summed E-state index contributed by atoms with van der Waals surface area (Å²) >= 11 is 0. The minimum absolute atomic E-state index is 0.445. The number of carbonyl (C=O) groups excluding carboxylic acids is 1. The van der Waals surface area contributed by atoms with Gasteiger partial charge in [0.1, 0.15) is 0 Å². The van der Waals surface area contributed by atoms with Crippen LogP contribution in [0.25, 0.3) is 0 Å². The minimum atomic E-state index is -0.593. The van der Waals surface area contributed by atoms with Crippen LogP contribution in [0.4, 0.5) is 4.79 Å². The van der Waals surface area contributed by atoms with Crippen molar-refractivity contribution >= 4 is 6.16 Å². The van der Waals surface area contributed by atoms with Gasteiger partial charge in [-0.25, -0.2) is 4.79 Å². The first-order valence-electron chi connectivity index (χ1n) is 5.41. The van der Waals surface area contributed by atoms with E-state index >= 15 is 0 Å². The lowest BCUT2D eigenvalue weighted by molar-refractivity contribution is 0.0684. The molecule has 1 atom stereocenters. The number of hydrogen-bond acceptors (Lipinski definition) is 3. The zero-order chi connectivity index (χ0) is 11.7. The fraction of sp³-hybridized carbons (Fsp3) is 0.750. The molecule has 0 heterocycles. The van der Waals surface area contributed by atoms with Crippen LogP contribution < -0.4 is 0 Å². The van der Waals surface area contributed by atoms with Gasteiger partial charge < -0.3 is 9.47 Å². The number of hydrogen-bond donors (Lipinski definition) is 0. The third-order valence-corrected chi connectivity index (χ3v) is 2.30. The molecule has 0 aliphatic heterocycles. The highest BCUT2D eigenvalue weighted by molar-refractivity contribution is 5.59. The van der Waals surface area contributed by atoms with Crippen LogP contribution in [0, 0.1) is 5.92 Å². The van der Waals surface area contributed by atoms with Gasteiger partial charge in [-0.15, -0.1) is 6.58 Å². The smallest absolute Gasteiger partial charge is 0.438 e. The monoisotopic (exact) mass is 214 g/mol. The van der Waals surface area contributed by atoms with Crippen molar-refractivity contribution in [2.75, 3.05) is 13.7 Å². The lowest BCUT2D eigenvalue weighted by Crippen LogP contribution is -2.08. The van der Waals surface area contributed by atoms with Gasteiger partial charge in [-0.2, -0.15) is 0 Å². The molecule has 0 N–H and O–H groups in total. The molecule has 0 fully saturated rings. The van der Waals surface area contributed by atoms with Crippen LogP contribution in [0.3, 0.4) is 0 Å². The Kier molecular flexibility index (Phi) is 7.78. The first kappa shape index (κ1) is 14.0. The van der Waals surface area contributed by atoms with E-state index < -0.39 is 6.16 Å². The van der Waals surface area contributed by atoms with Crippen LogP contribution in [0.1, 0.15) is 39.5 Å². The lowest BCUT2D eigenvalue weighted by Gasteiger charge is -2.10. The highest BCUT2D eigenvalue weighted by atomic mass is 16.7. The molecule has 0 saturated carbocycles. The van der Waals surface area contributed by atoms with Gasteiger partial charge in [-0.1, -0.05) is 18.9 Å². The second-order valence-electron chi connectivity index (χ2n) is 4.05. The summed E-state index contributed by atoms with van der Waals surface area (Å²) < 4.78 is 9.18. The first-order chi connectivity index (χ1) is 7.06. The van der Waals surface area contributed by atoms with E-state index in [0.29, 0.717) is 12.5 Å². The maximum Gasteiger partial charge on any atom is 0.507 e. The molecule has 0 spiro atoms. The first-order valence-corrected chi connectivity index (χ1v) is 5.41. The Hall–Kier alpha value is -0.990. The molecule has 3 heteroatoms. The van der Waals surface area contributed by atoms with Crippen LogP contribution in [0.5, 0.6) is 0 Å². The lowest BCUT2D eigenvalue weighted by atomic mass is 9.99. The standard InChI is InChI=1S/C12H22O3/c1-10(2)6-5-7-11(3)8-9-15-12(13)14-4/h11H,1,5-9H2,2-4H3. The average molecular weight is 214 g/mol. The van der Waals surface area contributed by atoms with E-state index in [1.54, 1.807) is 0 Å². The van der Waals surface area contributed by atoms with E-state index in [2.05, 4.69) is 18.2 Å². The van der Waals surface area contributed by atoms with Crippen molar-refractivity contribution in [3.63, 3.8) is 0 Å². The number of methoxy groups -OCH3 is 1. The highest BCUT2D eigenvalue weighted by Crippen LogP contribution is 2.14. The largest absolute Gasteiger partial charge is 0.507 e. The van der Waals surface area contributed by atoms with E-state index in [9.17, 15) is 4.79 Å². The number of carbonyl (C=O) groups is 1. The van der Waals surface area contributed by atoms with Crippen LogP contribution in [-0.4, -0.2) is 19.9 Å². The van der Waals surface area contributed by atoms with E-state index in [1.165, 1.54) is 12.7 Å². The molecule has 0 rings (SSSR count). The summed E-state index contributed by atoms with van der Waals surface area (Å²) in [6.07, 6.45) is 3.70. The average Bonchev–Trinajstić information content (AvgIpc) is 2.17. The molecule has 0 bridgehead atoms. The van der Waals surface area contributed by atoms with Gasteiger partial charge >= 0.3 is 6.16 Å². The predicted molar refractivity (Wildman–Crippen MR) is 60.8 cm³/mol. The topological polar surface area (TPSA) is 35.5 Å². The molecule has 0 amide bonds. The SMILES string of the molecule is C=C(C)CCCC(C)CCOC(=O)OC. The predicted octanol–water partition coefficient (Wildman–Crippen LogP) is 3.54. The summed E-state index contributed by atoms with van der Waals surface area (Å²) in [5.74, 6) is 0.578. The van der Waals surface area contributed by atoms with Crippen molar-refractivity contribution in [2.45, 2.75) is 39.5 Å². The molecule has 3 nitrogen and oxygen atoms in total. The van der Waals surface area contributed by atoms with E-state index in [1.807, 2.05) is 6.92 Å². The molecule has 0 aliphatic carbocycles. The molecular weight excluding hydrogens is 192 g/mol. The minimum Gasteiger partial charge on any atom is -0.438 e. The Morgan fingerprint density at radius 3 is 2.60 bits per heavy atom. The molecule has 88 valence electrons. The van der Waals surface area contributed by atoms with Crippen molar-refractivity contribution < 1.29 is 14.3 Å². The van der Waals surface area contributed by atoms with Gasteiger partial charge in [0.15, 0.2) is 0 Å². The maximum absolute atomic E-state index is 10.6. The Morgan fingerprint density at radius 2 is 2.07 bits per heavy atom. The molecule has 0 aliphatic rings. The Morgan fingerprint density at radius 1 is 1.40 bits per heavy atom. The summed E-state index contributed by atoms with van der Waals surface area (Å²) in [6.45, 7) is 8.52. The molecule has 0 aromatic carbocycles. The van der Waals surface area contributed by atoms with Crippen LogP contribution in [0.15, 0.2) is 12.2 Å². The fourth-order valence-electron chi connectivity index (χ4n) is 1.30. The summed E-state index contributed by atoms with van der Waals surface area (Å²) in [4.78, 5) is 10.6. The Balaban J connectivity index is 3.37. The molecular formula is C12H22O3. The number of allylic oxidation sites excluding steroid dienone is 1. The van der Waals surface area contributed by atoms with Crippen molar-refractivity contribution in [2.24, 2.45) is 5.92 Å². The van der Waals surface area contributed by atoms with Gasteiger partial charge in [0.25, 0.3) is 0 Å². The zero-order valence-electron chi connectivity index (χ0n) is 10.0. The number of rotatable bonds is 7. The van der Waals surface area contributed by atoms with Crippen LogP contribution >= 0.6 is 0 Å². The summed E-state index contributed by atoms with van der Waals surface area (Å²) in [5, 5.41) is 0. The molecule has 0 aromatic rings. The molecule has 0 saturated heterocycles. The van der Waals surface area contributed by atoms with Gasteiger partial charge in [-0.3, -0.25) is 0 Å². The second-order valence-corrected chi connectivity index (χ2v) is 4.05. The highest BCUT2D eigenvalue weighted by Gasteiger charge is 2.05. The van der Waals surface area contributed by atoms with Gasteiger partial charge in [-0.05, 0) is 32.1 Å². The summed E-state index contributed by atoms with van der Waals surface area (Å²) in [5.41, 5.74) is 1.23. The third kappa shape index (κ3) is 9.32. The fourth-order valence-corrected chi connectivity index (χ4v) is 1.30. The maximum atomic E-state index is 10.6. The Labute approximate surface area is 92.5 Å². The summed E-state index contributed by atoms with van der Waals surface area (Å²) in [7, 11) is 1.32. The van der Waals surface area contributed by atoms with Crippen LogP contribution in [-0.2, 0) is 9.47 Å². The van der Waals surface area contributed by atoms with Crippen molar-refractivity contribution in [1.29, 1.82) is 0 Å². The van der Waals surface area contributed by atoms with Gasteiger partial charge in [0, 0.05) is 0 Å².